The third-order valence-corrected chi connectivity index (χ3v) is 7.38. The number of carbonyl (C=O) groups excluding carboxylic acids is 3. The van der Waals surface area contributed by atoms with Crippen LogP contribution >= 0.6 is 23.2 Å². The van der Waals surface area contributed by atoms with Crippen molar-refractivity contribution < 1.29 is 14.4 Å². The Bertz CT molecular complexity index is 1420. The lowest BCUT2D eigenvalue weighted by atomic mass is 9.80. The van der Waals surface area contributed by atoms with Crippen LogP contribution in [0.25, 0.3) is 0 Å². The van der Waals surface area contributed by atoms with Gasteiger partial charge in [-0.15, -0.1) is 0 Å². The Morgan fingerprint density at radius 1 is 1.03 bits per heavy atom. The quantitative estimate of drug-likeness (QED) is 0.430. The highest BCUT2D eigenvalue weighted by atomic mass is 35.5. The minimum absolute atomic E-state index is 0.154. The Balaban J connectivity index is 1.65. The van der Waals surface area contributed by atoms with E-state index in [4.69, 9.17) is 23.2 Å². The Labute approximate surface area is 224 Å². The summed E-state index contributed by atoms with van der Waals surface area (Å²) in [4.78, 5) is 45.3. The summed E-state index contributed by atoms with van der Waals surface area (Å²) >= 11 is 12.4. The molecular weight excluding hydrogens is 511 g/mol. The molecule has 0 bridgehead atoms. The number of carbonyl (C=O) groups is 3. The fraction of sp³-hybridized carbons (Fsp3) is 0.214. The zero-order valence-electron chi connectivity index (χ0n) is 19.9. The Morgan fingerprint density at radius 2 is 1.68 bits per heavy atom. The van der Waals surface area contributed by atoms with Gasteiger partial charge in [-0.2, -0.15) is 5.26 Å². The number of halogens is 2. The molecule has 0 saturated carbocycles. The summed E-state index contributed by atoms with van der Waals surface area (Å²) in [5, 5.41) is 9.79. The fourth-order valence-electron chi connectivity index (χ4n) is 5.46. The van der Waals surface area contributed by atoms with Crippen LogP contribution in [0.5, 0.6) is 0 Å². The zero-order chi connectivity index (χ0) is 26.3. The molecule has 2 heterocycles. The molecule has 3 aromatic carbocycles. The Morgan fingerprint density at radius 3 is 2.27 bits per heavy atom. The first-order valence-electron chi connectivity index (χ1n) is 11.7. The van der Waals surface area contributed by atoms with Gasteiger partial charge in [0, 0.05) is 42.5 Å². The molecule has 1 spiro atoms. The minimum atomic E-state index is -1.49. The second-order valence-corrected chi connectivity index (χ2v) is 10.1. The van der Waals surface area contributed by atoms with E-state index in [2.05, 4.69) is 11.0 Å². The fourth-order valence-corrected chi connectivity index (χ4v) is 5.97. The summed E-state index contributed by atoms with van der Waals surface area (Å²) in [6.07, 6.45) is 0. The molecule has 0 N–H and O–H groups in total. The van der Waals surface area contributed by atoms with E-state index in [9.17, 15) is 19.6 Å². The number of amides is 4. The third kappa shape index (κ3) is 4.27. The van der Waals surface area contributed by atoms with Gasteiger partial charge in [-0.1, -0.05) is 65.7 Å². The van der Waals surface area contributed by atoms with Crippen molar-refractivity contribution in [2.24, 2.45) is 0 Å². The van der Waals surface area contributed by atoms with Crippen molar-refractivity contribution in [1.82, 2.24) is 9.80 Å². The van der Waals surface area contributed by atoms with E-state index in [1.165, 1.54) is 25.1 Å². The van der Waals surface area contributed by atoms with Gasteiger partial charge in [0.25, 0.3) is 5.91 Å². The van der Waals surface area contributed by atoms with Crippen LogP contribution in [0.4, 0.5) is 10.5 Å². The SMILES string of the molecule is CC(=O)N1C(=O)N(c2cc(Cl)cc(Cl)c2)C(=O)[C@]12CN(Cc1ccccc1)C[C@@H]2c1ccc(C#N)cc1. The predicted molar refractivity (Wildman–Crippen MR) is 140 cm³/mol. The smallest absolute Gasteiger partial charge is 0.295 e. The molecule has 2 atom stereocenters. The molecule has 4 amide bonds. The van der Waals surface area contributed by atoms with Crippen molar-refractivity contribution in [3.63, 3.8) is 0 Å². The monoisotopic (exact) mass is 532 g/mol. The summed E-state index contributed by atoms with van der Waals surface area (Å²) in [5.74, 6) is -1.57. The first-order chi connectivity index (χ1) is 17.7. The average Bonchev–Trinajstić information content (AvgIpc) is 3.33. The molecule has 2 saturated heterocycles. The van der Waals surface area contributed by atoms with Crippen molar-refractivity contribution in [3.8, 4) is 6.07 Å². The second-order valence-electron chi connectivity index (χ2n) is 9.27. The number of rotatable bonds is 4. The van der Waals surface area contributed by atoms with Gasteiger partial charge in [0.05, 0.1) is 17.3 Å². The van der Waals surface area contributed by atoms with E-state index in [0.717, 1.165) is 20.9 Å². The van der Waals surface area contributed by atoms with Crippen molar-refractivity contribution in [2.75, 3.05) is 18.0 Å². The molecule has 0 aliphatic carbocycles. The lowest BCUT2D eigenvalue weighted by molar-refractivity contribution is -0.136. The van der Waals surface area contributed by atoms with Crippen LogP contribution in [-0.2, 0) is 16.1 Å². The molecule has 9 heteroatoms. The van der Waals surface area contributed by atoms with Crippen LogP contribution < -0.4 is 4.90 Å². The number of anilines is 1. The number of hydrogen-bond acceptors (Lipinski definition) is 5. The van der Waals surface area contributed by atoms with Crippen molar-refractivity contribution in [2.45, 2.75) is 24.9 Å². The highest BCUT2D eigenvalue weighted by molar-refractivity contribution is 6.36. The van der Waals surface area contributed by atoms with E-state index in [1.807, 2.05) is 30.3 Å². The highest BCUT2D eigenvalue weighted by Gasteiger charge is 2.66. The number of nitrogens with zero attached hydrogens (tertiary/aromatic N) is 4. The van der Waals surface area contributed by atoms with Gasteiger partial charge in [0.15, 0.2) is 5.54 Å². The lowest BCUT2D eigenvalue weighted by Gasteiger charge is -2.34. The van der Waals surface area contributed by atoms with Crippen LogP contribution in [0.2, 0.25) is 10.0 Å². The summed E-state index contributed by atoms with van der Waals surface area (Å²) in [6.45, 7) is 2.40. The largest absolute Gasteiger partial charge is 0.339 e. The summed E-state index contributed by atoms with van der Waals surface area (Å²) in [5.41, 5.74) is 0.997. The van der Waals surface area contributed by atoms with Gasteiger partial charge in [-0.05, 0) is 41.5 Å². The van der Waals surface area contributed by atoms with Crippen LogP contribution in [-0.4, -0.2) is 46.3 Å². The van der Waals surface area contributed by atoms with E-state index in [-0.39, 0.29) is 22.3 Å². The topological polar surface area (TPSA) is 84.7 Å². The van der Waals surface area contributed by atoms with E-state index in [0.29, 0.717) is 18.7 Å². The molecule has 186 valence electrons. The van der Waals surface area contributed by atoms with E-state index in [1.54, 1.807) is 24.3 Å². The second kappa shape index (κ2) is 9.64. The number of likely N-dealkylation sites (tertiary alicyclic amines) is 1. The summed E-state index contributed by atoms with van der Waals surface area (Å²) < 4.78 is 0. The van der Waals surface area contributed by atoms with Gasteiger partial charge in [0.1, 0.15) is 0 Å². The number of nitriles is 1. The molecule has 37 heavy (non-hydrogen) atoms. The Kier molecular flexibility index (Phi) is 6.50. The van der Waals surface area contributed by atoms with Crippen LogP contribution in [0.15, 0.2) is 72.8 Å². The normalized spacial score (nSPS) is 21.6. The standard InChI is InChI=1S/C28H22Cl2N4O3/c1-18(35)34-27(37)33(24-12-22(29)11-23(30)13-24)26(36)28(34)17-32(15-20-5-3-2-4-6-20)16-25(28)21-9-7-19(14-31)8-10-21/h2-13,25H,15-17H2,1H3/t25-,28-/m1/s1. The lowest BCUT2D eigenvalue weighted by Crippen LogP contribution is -2.56. The predicted octanol–water partition coefficient (Wildman–Crippen LogP) is 5.22. The summed E-state index contributed by atoms with van der Waals surface area (Å²) in [7, 11) is 0. The zero-order valence-corrected chi connectivity index (χ0v) is 21.4. The average molecular weight is 533 g/mol. The first-order valence-corrected chi connectivity index (χ1v) is 12.4. The van der Waals surface area contributed by atoms with Gasteiger partial charge >= 0.3 is 6.03 Å². The first kappa shape index (κ1) is 25.0. The molecule has 0 unspecified atom stereocenters. The van der Waals surface area contributed by atoms with Crippen LogP contribution in [0.3, 0.4) is 0 Å². The van der Waals surface area contributed by atoms with Gasteiger partial charge in [0.2, 0.25) is 5.91 Å². The van der Waals surface area contributed by atoms with E-state index >= 15 is 0 Å². The number of imide groups is 2. The van der Waals surface area contributed by atoms with Crippen molar-refractivity contribution in [3.05, 3.63) is 99.5 Å². The van der Waals surface area contributed by atoms with E-state index < -0.39 is 29.3 Å². The van der Waals surface area contributed by atoms with Gasteiger partial charge < -0.3 is 0 Å². The summed E-state index contributed by atoms with van der Waals surface area (Å²) in [6, 6.07) is 22.5. The Hall–Kier alpha value is -3.70. The third-order valence-electron chi connectivity index (χ3n) is 6.95. The van der Waals surface area contributed by atoms with Crippen LogP contribution in [0.1, 0.15) is 29.5 Å². The van der Waals surface area contributed by atoms with Crippen LogP contribution in [0, 0.1) is 11.3 Å². The maximum absolute atomic E-state index is 14.3. The number of hydrogen-bond donors (Lipinski definition) is 0. The van der Waals surface area contributed by atoms with Crippen molar-refractivity contribution >= 4 is 46.7 Å². The maximum Gasteiger partial charge on any atom is 0.339 e. The molecule has 5 rings (SSSR count). The molecule has 2 aliphatic heterocycles. The molecule has 0 radical (unpaired) electrons. The molecule has 7 nitrogen and oxygen atoms in total. The van der Waals surface area contributed by atoms with Gasteiger partial charge in [-0.25, -0.2) is 14.6 Å². The van der Waals surface area contributed by atoms with Crippen molar-refractivity contribution in [1.29, 1.82) is 5.26 Å². The molecule has 2 fully saturated rings. The molecule has 0 aromatic heterocycles. The number of urea groups is 1. The maximum atomic E-state index is 14.3. The molecular formula is C28H22Cl2N4O3. The van der Waals surface area contributed by atoms with Gasteiger partial charge in [-0.3, -0.25) is 14.5 Å². The minimum Gasteiger partial charge on any atom is -0.295 e. The number of benzene rings is 3. The highest BCUT2D eigenvalue weighted by Crippen LogP contribution is 2.47. The molecule has 3 aromatic rings. The molecule has 2 aliphatic rings.